The van der Waals surface area contributed by atoms with Crippen LogP contribution in [0.1, 0.15) is 20.8 Å². The molecular formula is C20H39N3O5. The van der Waals surface area contributed by atoms with Crippen LogP contribution in [0, 0.1) is 17.8 Å². The highest BCUT2D eigenvalue weighted by atomic mass is 16.6. The van der Waals surface area contributed by atoms with Gasteiger partial charge in [-0.2, -0.15) is 0 Å². The quantitative estimate of drug-likeness (QED) is 0.216. The standard InChI is InChI=1S/C20H39N3O5/c1-6-20(25)23-9-18(4)12-28-19(13-26-10-16(2)7-21-5)14-27-11-17(3)8-22-15-24/h6,15-19,21H,1,7-14H2,2-5H3,(H,22,24)(H,23,25). The average Bonchev–Trinajstić information content (AvgIpc) is 2.68. The SMILES string of the molecule is C=CC(=O)NCC(C)COC(COCC(C)CNC)COCC(C)CNC=O. The Morgan fingerprint density at radius 3 is 2.04 bits per heavy atom. The Morgan fingerprint density at radius 2 is 1.50 bits per heavy atom. The first kappa shape index (κ1) is 26.5. The maximum Gasteiger partial charge on any atom is 0.243 e. The summed E-state index contributed by atoms with van der Waals surface area (Å²) in [5.41, 5.74) is 0. The number of amides is 2. The lowest BCUT2D eigenvalue weighted by molar-refractivity contribution is -0.117. The molecule has 0 fully saturated rings. The molecule has 164 valence electrons. The molecule has 3 N–H and O–H groups in total. The van der Waals surface area contributed by atoms with Gasteiger partial charge in [0, 0.05) is 13.1 Å². The van der Waals surface area contributed by atoms with Gasteiger partial charge in [-0.1, -0.05) is 27.4 Å². The number of carbonyl (C=O) groups excluding carboxylic acids is 2. The lowest BCUT2D eigenvalue weighted by atomic mass is 10.2. The highest BCUT2D eigenvalue weighted by Crippen LogP contribution is 2.04. The summed E-state index contributed by atoms with van der Waals surface area (Å²) in [5, 5.41) is 8.54. The van der Waals surface area contributed by atoms with E-state index in [4.69, 9.17) is 14.2 Å². The van der Waals surface area contributed by atoms with Crippen molar-refractivity contribution in [2.45, 2.75) is 26.9 Å². The Balaban J connectivity index is 4.31. The number of rotatable bonds is 19. The molecule has 0 aliphatic carbocycles. The molecule has 0 rings (SSSR count). The van der Waals surface area contributed by atoms with Crippen LogP contribution in [0.4, 0.5) is 0 Å². The van der Waals surface area contributed by atoms with E-state index >= 15 is 0 Å². The van der Waals surface area contributed by atoms with E-state index in [1.807, 2.05) is 20.9 Å². The van der Waals surface area contributed by atoms with Crippen LogP contribution in [0.2, 0.25) is 0 Å². The zero-order valence-corrected chi connectivity index (χ0v) is 17.9. The third kappa shape index (κ3) is 15.6. The van der Waals surface area contributed by atoms with E-state index in [9.17, 15) is 9.59 Å². The molecule has 0 aliphatic heterocycles. The molecule has 0 saturated heterocycles. The molecule has 0 radical (unpaired) electrons. The molecule has 0 bridgehead atoms. The lowest BCUT2D eigenvalue weighted by Gasteiger charge is -2.22. The van der Waals surface area contributed by atoms with Gasteiger partial charge in [0.1, 0.15) is 6.10 Å². The summed E-state index contributed by atoms with van der Waals surface area (Å²) < 4.78 is 17.5. The van der Waals surface area contributed by atoms with Gasteiger partial charge >= 0.3 is 0 Å². The predicted octanol–water partition coefficient (Wildman–Crippen LogP) is 0.581. The van der Waals surface area contributed by atoms with Gasteiger partial charge < -0.3 is 30.2 Å². The monoisotopic (exact) mass is 401 g/mol. The fourth-order valence-corrected chi connectivity index (χ4v) is 2.37. The second-order valence-electron chi connectivity index (χ2n) is 7.38. The minimum atomic E-state index is -0.189. The van der Waals surface area contributed by atoms with Gasteiger partial charge in [-0.05, 0) is 37.4 Å². The predicted molar refractivity (Wildman–Crippen MR) is 110 cm³/mol. The van der Waals surface area contributed by atoms with E-state index in [0.29, 0.717) is 58.5 Å². The zero-order valence-electron chi connectivity index (χ0n) is 17.9. The maximum absolute atomic E-state index is 11.3. The second-order valence-corrected chi connectivity index (χ2v) is 7.38. The minimum Gasteiger partial charge on any atom is -0.378 e. The van der Waals surface area contributed by atoms with Crippen molar-refractivity contribution >= 4 is 12.3 Å². The van der Waals surface area contributed by atoms with Gasteiger partial charge in [0.2, 0.25) is 12.3 Å². The van der Waals surface area contributed by atoms with Crippen molar-refractivity contribution < 1.29 is 23.8 Å². The van der Waals surface area contributed by atoms with Crippen LogP contribution in [0.3, 0.4) is 0 Å². The average molecular weight is 402 g/mol. The van der Waals surface area contributed by atoms with Crippen LogP contribution >= 0.6 is 0 Å². The Hall–Kier alpha value is -1.48. The number of hydrogen-bond donors (Lipinski definition) is 3. The maximum atomic E-state index is 11.3. The number of ether oxygens (including phenoxy) is 3. The second kappa shape index (κ2) is 17.6. The summed E-state index contributed by atoms with van der Waals surface area (Å²) in [4.78, 5) is 21.6. The Labute approximate surface area is 169 Å². The first-order valence-electron chi connectivity index (χ1n) is 9.91. The topological polar surface area (TPSA) is 97.9 Å². The summed E-state index contributed by atoms with van der Waals surface area (Å²) >= 11 is 0. The molecule has 0 aliphatic rings. The molecule has 0 aromatic heterocycles. The minimum absolute atomic E-state index is 0.158. The Bertz CT molecular complexity index is 423. The summed E-state index contributed by atoms with van der Waals surface area (Å²) in [6, 6.07) is 0. The molecule has 8 heteroatoms. The number of hydrogen-bond acceptors (Lipinski definition) is 6. The van der Waals surface area contributed by atoms with Crippen molar-refractivity contribution in [3.8, 4) is 0 Å². The van der Waals surface area contributed by atoms with Crippen LogP contribution in [-0.2, 0) is 23.8 Å². The summed E-state index contributed by atoms with van der Waals surface area (Å²) in [6.07, 6.45) is 1.76. The number of carbonyl (C=O) groups is 2. The van der Waals surface area contributed by atoms with E-state index in [2.05, 4.69) is 29.5 Å². The van der Waals surface area contributed by atoms with Crippen molar-refractivity contribution in [2.75, 3.05) is 59.7 Å². The molecule has 0 aromatic carbocycles. The first-order valence-corrected chi connectivity index (χ1v) is 9.91. The van der Waals surface area contributed by atoms with Crippen molar-refractivity contribution in [1.82, 2.24) is 16.0 Å². The van der Waals surface area contributed by atoms with E-state index in [1.165, 1.54) is 6.08 Å². The molecule has 2 amide bonds. The van der Waals surface area contributed by atoms with Crippen LogP contribution < -0.4 is 16.0 Å². The van der Waals surface area contributed by atoms with E-state index in [-0.39, 0.29) is 23.8 Å². The molecule has 0 aromatic rings. The van der Waals surface area contributed by atoms with E-state index < -0.39 is 0 Å². The van der Waals surface area contributed by atoms with Crippen LogP contribution in [-0.4, -0.2) is 78.1 Å². The molecule has 0 heterocycles. The van der Waals surface area contributed by atoms with Crippen molar-refractivity contribution in [2.24, 2.45) is 17.8 Å². The lowest BCUT2D eigenvalue weighted by Crippen LogP contribution is -2.33. The van der Waals surface area contributed by atoms with Crippen molar-refractivity contribution in [3.63, 3.8) is 0 Å². The molecule has 28 heavy (non-hydrogen) atoms. The zero-order chi connectivity index (χ0) is 21.2. The van der Waals surface area contributed by atoms with E-state index in [0.717, 1.165) is 6.54 Å². The molecule has 4 unspecified atom stereocenters. The Kier molecular flexibility index (Phi) is 16.7. The molecular weight excluding hydrogens is 362 g/mol. The smallest absolute Gasteiger partial charge is 0.243 e. The fourth-order valence-electron chi connectivity index (χ4n) is 2.37. The number of nitrogens with one attached hydrogen (secondary N) is 3. The normalized spacial score (nSPS) is 15.3. The van der Waals surface area contributed by atoms with Gasteiger partial charge in [0.05, 0.1) is 33.0 Å². The highest BCUT2D eigenvalue weighted by Gasteiger charge is 2.14. The van der Waals surface area contributed by atoms with Crippen LogP contribution in [0.15, 0.2) is 12.7 Å². The molecule has 4 atom stereocenters. The molecule has 0 spiro atoms. The summed E-state index contributed by atoms with van der Waals surface area (Å²) in [6.45, 7) is 14.1. The van der Waals surface area contributed by atoms with Gasteiger partial charge in [-0.3, -0.25) is 9.59 Å². The van der Waals surface area contributed by atoms with Gasteiger partial charge in [-0.25, -0.2) is 0 Å². The van der Waals surface area contributed by atoms with E-state index in [1.54, 1.807) is 0 Å². The van der Waals surface area contributed by atoms with Gasteiger partial charge in [0.15, 0.2) is 0 Å². The Morgan fingerprint density at radius 1 is 0.929 bits per heavy atom. The summed E-state index contributed by atoms with van der Waals surface area (Å²) in [5.74, 6) is 0.598. The van der Waals surface area contributed by atoms with Crippen LogP contribution in [0.5, 0.6) is 0 Å². The van der Waals surface area contributed by atoms with Crippen LogP contribution in [0.25, 0.3) is 0 Å². The van der Waals surface area contributed by atoms with Crippen molar-refractivity contribution in [1.29, 1.82) is 0 Å². The van der Waals surface area contributed by atoms with Crippen molar-refractivity contribution in [3.05, 3.63) is 12.7 Å². The molecule has 8 nitrogen and oxygen atoms in total. The van der Waals surface area contributed by atoms with Gasteiger partial charge in [-0.15, -0.1) is 0 Å². The third-order valence-electron chi connectivity index (χ3n) is 3.94. The largest absolute Gasteiger partial charge is 0.378 e. The molecule has 0 saturated carbocycles. The first-order chi connectivity index (χ1) is 13.4. The summed E-state index contributed by atoms with van der Waals surface area (Å²) in [7, 11) is 1.92. The fraction of sp³-hybridized carbons (Fsp3) is 0.800. The highest BCUT2D eigenvalue weighted by molar-refractivity contribution is 5.86. The third-order valence-corrected chi connectivity index (χ3v) is 3.94. The van der Waals surface area contributed by atoms with Gasteiger partial charge in [0.25, 0.3) is 0 Å².